The van der Waals surface area contributed by atoms with Crippen molar-refractivity contribution in [3.05, 3.63) is 115 Å². The molecule has 0 amide bonds. The maximum absolute atomic E-state index is 3.58. The third-order valence-corrected chi connectivity index (χ3v) is 6.83. The highest BCUT2D eigenvalue weighted by Crippen LogP contribution is 2.47. The molecule has 0 fully saturated rings. The van der Waals surface area contributed by atoms with Crippen molar-refractivity contribution in [2.24, 2.45) is 0 Å². The van der Waals surface area contributed by atoms with Gasteiger partial charge in [0, 0.05) is 18.3 Å². The van der Waals surface area contributed by atoms with Crippen LogP contribution in [0.1, 0.15) is 5.56 Å². The zero-order chi connectivity index (χ0) is 22.4. The van der Waals surface area contributed by atoms with Crippen LogP contribution in [0.5, 0.6) is 0 Å². The minimum atomic E-state index is 1.19. The molecule has 0 unspecified atom stereocenters. The van der Waals surface area contributed by atoms with E-state index in [1.807, 2.05) is 7.05 Å². The number of benzene rings is 6. The Morgan fingerprint density at radius 3 is 1.42 bits per heavy atom. The molecule has 6 aromatic carbocycles. The van der Waals surface area contributed by atoms with Crippen LogP contribution >= 0.6 is 0 Å². The van der Waals surface area contributed by atoms with E-state index in [1.165, 1.54) is 65.8 Å². The van der Waals surface area contributed by atoms with E-state index in [0.717, 1.165) is 0 Å². The molecule has 0 aliphatic heterocycles. The Morgan fingerprint density at radius 2 is 0.879 bits per heavy atom. The second kappa shape index (κ2) is 7.79. The highest BCUT2D eigenvalue weighted by atomic mass is 14.8. The molecule has 33 heavy (non-hydrogen) atoms. The first-order valence-electron chi connectivity index (χ1n) is 11.5. The SMILES string of the molecule is CNc1c(C)c(-c2cccc3ccccc23)c2ccccc2c1-c1cccc2ccccc12. The van der Waals surface area contributed by atoms with Gasteiger partial charge in [-0.2, -0.15) is 0 Å². The van der Waals surface area contributed by atoms with E-state index >= 15 is 0 Å². The van der Waals surface area contributed by atoms with Crippen LogP contribution in [-0.2, 0) is 0 Å². The lowest BCUT2D eigenvalue weighted by Crippen LogP contribution is -2.00. The Morgan fingerprint density at radius 1 is 0.455 bits per heavy atom. The summed E-state index contributed by atoms with van der Waals surface area (Å²) in [5.74, 6) is 0. The molecule has 0 radical (unpaired) electrons. The summed E-state index contributed by atoms with van der Waals surface area (Å²) in [5, 5.41) is 11.2. The lowest BCUT2D eigenvalue weighted by atomic mass is 9.84. The van der Waals surface area contributed by atoms with Gasteiger partial charge in [-0.1, -0.05) is 109 Å². The average Bonchev–Trinajstić information content (AvgIpc) is 2.87. The molecular weight excluding hydrogens is 398 g/mol. The predicted octanol–water partition coefficient (Wildman–Crippen LogP) is 8.83. The van der Waals surface area contributed by atoms with E-state index in [1.54, 1.807) is 0 Å². The first kappa shape index (κ1) is 19.6. The molecule has 0 aromatic heterocycles. The number of rotatable bonds is 3. The normalized spacial score (nSPS) is 11.3. The van der Waals surface area contributed by atoms with Gasteiger partial charge in [-0.05, 0) is 61.5 Å². The van der Waals surface area contributed by atoms with Crippen LogP contribution in [-0.4, -0.2) is 7.05 Å². The molecule has 0 spiro atoms. The molecule has 0 atom stereocenters. The fourth-order valence-corrected chi connectivity index (χ4v) is 5.39. The maximum atomic E-state index is 3.58. The van der Waals surface area contributed by atoms with Crippen molar-refractivity contribution in [1.82, 2.24) is 0 Å². The number of anilines is 1. The highest BCUT2D eigenvalue weighted by molar-refractivity contribution is 6.17. The van der Waals surface area contributed by atoms with Gasteiger partial charge in [0.25, 0.3) is 0 Å². The molecule has 0 heterocycles. The van der Waals surface area contributed by atoms with Crippen LogP contribution in [0.15, 0.2) is 109 Å². The molecule has 0 aliphatic carbocycles. The Labute approximate surface area is 194 Å². The molecule has 1 N–H and O–H groups in total. The van der Waals surface area contributed by atoms with Crippen molar-refractivity contribution in [2.45, 2.75) is 6.92 Å². The zero-order valence-electron chi connectivity index (χ0n) is 18.9. The van der Waals surface area contributed by atoms with Crippen molar-refractivity contribution >= 4 is 38.0 Å². The van der Waals surface area contributed by atoms with Gasteiger partial charge in [0.05, 0.1) is 0 Å². The smallest absolute Gasteiger partial charge is 0.0459 e. The number of fused-ring (bicyclic) bond motifs is 3. The summed E-state index contributed by atoms with van der Waals surface area (Å²) in [5.41, 5.74) is 7.58. The molecule has 158 valence electrons. The second-order valence-electron chi connectivity index (χ2n) is 8.60. The lowest BCUT2D eigenvalue weighted by molar-refractivity contribution is 1.42. The van der Waals surface area contributed by atoms with Gasteiger partial charge in [-0.3, -0.25) is 0 Å². The van der Waals surface area contributed by atoms with E-state index < -0.39 is 0 Å². The topological polar surface area (TPSA) is 12.0 Å². The molecule has 0 bridgehead atoms. The monoisotopic (exact) mass is 423 g/mol. The molecule has 0 aliphatic rings. The van der Waals surface area contributed by atoms with Crippen molar-refractivity contribution in [1.29, 1.82) is 0 Å². The third kappa shape index (κ3) is 3.01. The number of nitrogens with one attached hydrogen (secondary N) is 1. The van der Waals surface area contributed by atoms with E-state index in [9.17, 15) is 0 Å². The van der Waals surface area contributed by atoms with Crippen LogP contribution in [0.4, 0.5) is 5.69 Å². The summed E-state index contributed by atoms with van der Waals surface area (Å²) in [7, 11) is 2.04. The quantitative estimate of drug-likeness (QED) is 0.300. The Kier molecular flexibility index (Phi) is 4.62. The first-order chi connectivity index (χ1) is 16.3. The molecule has 1 heteroatoms. The Bertz CT molecular complexity index is 1650. The van der Waals surface area contributed by atoms with E-state index in [2.05, 4.69) is 121 Å². The van der Waals surface area contributed by atoms with Gasteiger partial charge in [0.1, 0.15) is 0 Å². The third-order valence-electron chi connectivity index (χ3n) is 6.83. The lowest BCUT2D eigenvalue weighted by Gasteiger charge is -2.22. The van der Waals surface area contributed by atoms with Crippen molar-refractivity contribution in [3.8, 4) is 22.3 Å². The van der Waals surface area contributed by atoms with Gasteiger partial charge >= 0.3 is 0 Å². The summed E-state index contributed by atoms with van der Waals surface area (Å²) < 4.78 is 0. The molecule has 0 saturated carbocycles. The molecule has 6 aromatic rings. The van der Waals surface area contributed by atoms with Crippen molar-refractivity contribution in [2.75, 3.05) is 12.4 Å². The van der Waals surface area contributed by atoms with Crippen LogP contribution in [0.3, 0.4) is 0 Å². The maximum Gasteiger partial charge on any atom is 0.0459 e. The largest absolute Gasteiger partial charge is 0.387 e. The highest BCUT2D eigenvalue weighted by Gasteiger charge is 2.20. The van der Waals surface area contributed by atoms with E-state index in [0.29, 0.717) is 0 Å². The Balaban J connectivity index is 1.78. The first-order valence-corrected chi connectivity index (χ1v) is 11.5. The van der Waals surface area contributed by atoms with Crippen LogP contribution < -0.4 is 5.32 Å². The van der Waals surface area contributed by atoms with E-state index in [-0.39, 0.29) is 0 Å². The number of hydrogen-bond acceptors (Lipinski definition) is 1. The fourth-order valence-electron chi connectivity index (χ4n) is 5.39. The summed E-state index contributed by atoms with van der Waals surface area (Å²) in [6, 6.07) is 39.4. The van der Waals surface area contributed by atoms with Crippen LogP contribution in [0, 0.1) is 6.92 Å². The second-order valence-corrected chi connectivity index (χ2v) is 8.60. The molecular formula is C32H25N. The van der Waals surface area contributed by atoms with Crippen molar-refractivity contribution < 1.29 is 0 Å². The minimum absolute atomic E-state index is 1.19. The van der Waals surface area contributed by atoms with Gasteiger partial charge in [-0.25, -0.2) is 0 Å². The summed E-state index contributed by atoms with van der Waals surface area (Å²) >= 11 is 0. The molecule has 1 nitrogen and oxygen atoms in total. The summed E-state index contributed by atoms with van der Waals surface area (Å²) in [4.78, 5) is 0. The van der Waals surface area contributed by atoms with Gasteiger partial charge in [0.2, 0.25) is 0 Å². The standard InChI is InChI=1S/C32H25N/c1-21-30(26-19-9-13-22-11-3-5-15-24(22)26)28-17-7-8-18-29(28)31(32(21)33-2)27-20-10-14-23-12-4-6-16-25(23)27/h3-20,33H,1-2H3. The average molecular weight is 424 g/mol. The predicted molar refractivity (Wildman–Crippen MR) is 144 cm³/mol. The molecule has 0 saturated heterocycles. The van der Waals surface area contributed by atoms with E-state index in [4.69, 9.17) is 0 Å². The minimum Gasteiger partial charge on any atom is -0.387 e. The van der Waals surface area contributed by atoms with Gasteiger partial charge in [-0.15, -0.1) is 0 Å². The molecule has 6 rings (SSSR count). The number of hydrogen-bond donors (Lipinski definition) is 1. The summed E-state index contributed by atoms with van der Waals surface area (Å²) in [6.45, 7) is 2.25. The zero-order valence-corrected chi connectivity index (χ0v) is 18.9. The van der Waals surface area contributed by atoms with Crippen molar-refractivity contribution in [3.63, 3.8) is 0 Å². The van der Waals surface area contributed by atoms with Gasteiger partial charge < -0.3 is 5.32 Å². The van der Waals surface area contributed by atoms with Crippen LogP contribution in [0.2, 0.25) is 0 Å². The fraction of sp³-hybridized carbons (Fsp3) is 0.0625. The van der Waals surface area contributed by atoms with Gasteiger partial charge in [0.15, 0.2) is 0 Å². The van der Waals surface area contributed by atoms with Crippen LogP contribution in [0.25, 0.3) is 54.6 Å². The Hall–Kier alpha value is -4.10. The summed E-state index contributed by atoms with van der Waals surface area (Å²) in [6.07, 6.45) is 0.